The molecule has 0 saturated carbocycles. The normalized spacial score (nSPS) is 13.5. The van der Waals surface area contributed by atoms with Crippen LogP contribution in [0.5, 0.6) is 0 Å². The largest absolute Gasteiger partial charge is 0.385 e. The van der Waals surface area contributed by atoms with Gasteiger partial charge in [0.1, 0.15) is 0 Å². The van der Waals surface area contributed by atoms with Gasteiger partial charge in [0.2, 0.25) is 0 Å². The minimum absolute atomic E-state index is 0.217. The van der Waals surface area contributed by atoms with Gasteiger partial charge in [-0.25, -0.2) is 0 Å². The van der Waals surface area contributed by atoms with E-state index in [4.69, 9.17) is 4.74 Å². The van der Waals surface area contributed by atoms with Crippen LogP contribution in [0.2, 0.25) is 0 Å². The van der Waals surface area contributed by atoms with Gasteiger partial charge in [-0.3, -0.25) is 0 Å². The maximum atomic E-state index is 5.16. The molecular formula is C19H33NO. The molecule has 0 aliphatic rings. The van der Waals surface area contributed by atoms with Crippen molar-refractivity contribution in [1.29, 1.82) is 0 Å². The highest BCUT2D eigenvalue weighted by Crippen LogP contribution is 2.27. The average Bonchev–Trinajstić information content (AvgIpc) is 2.39. The zero-order valence-corrected chi connectivity index (χ0v) is 15.0. The average molecular weight is 291 g/mol. The van der Waals surface area contributed by atoms with Crippen LogP contribution in [0.25, 0.3) is 0 Å². The molecule has 0 bridgehead atoms. The number of rotatable bonds is 7. The Hall–Kier alpha value is -0.860. The molecule has 1 rings (SSSR count). The SMILES string of the molecule is CNC(CCCOC)Cc1c(C)cc(C(C)(C)C)cc1C. The Morgan fingerprint density at radius 3 is 2.14 bits per heavy atom. The Morgan fingerprint density at radius 2 is 1.71 bits per heavy atom. The van der Waals surface area contributed by atoms with Crippen molar-refractivity contribution in [2.24, 2.45) is 0 Å². The van der Waals surface area contributed by atoms with E-state index in [1.54, 1.807) is 7.11 Å². The second kappa shape index (κ2) is 7.95. The van der Waals surface area contributed by atoms with E-state index in [1.807, 2.05) is 0 Å². The first-order valence-electron chi connectivity index (χ1n) is 8.06. The van der Waals surface area contributed by atoms with E-state index in [0.29, 0.717) is 6.04 Å². The van der Waals surface area contributed by atoms with Crippen molar-refractivity contribution >= 4 is 0 Å². The number of likely N-dealkylation sites (N-methyl/N-ethyl adjacent to an activating group) is 1. The Bertz CT molecular complexity index is 422. The van der Waals surface area contributed by atoms with Crippen LogP contribution in [0.15, 0.2) is 12.1 Å². The molecule has 0 heterocycles. The molecule has 0 aliphatic heterocycles. The van der Waals surface area contributed by atoms with Gasteiger partial charge in [-0.05, 0) is 67.8 Å². The van der Waals surface area contributed by atoms with Gasteiger partial charge in [0.25, 0.3) is 0 Å². The smallest absolute Gasteiger partial charge is 0.0462 e. The lowest BCUT2D eigenvalue weighted by Crippen LogP contribution is -2.28. The van der Waals surface area contributed by atoms with E-state index in [2.05, 4.69) is 59.1 Å². The highest BCUT2D eigenvalue weighted by atomic mass is 16.5. The molecule has 1 N–H and O–H groups in total. The van der Waals surface area contributed by atoms with Gasteiger partial charge in [0.05, 0.1) is 0 Å². The maximum Gasteiger partial charge on any atom is 0.0462 e. The predicted octanol–water partition coefficient (Wildman–Crippen LogP) is 4.16. The number of hydrogen-bond donors (Lipinski definition) is 1. The van der Waals surface area contributed by atoms with Gasteiger partial charge in [-0.15, -0.1) is 0 Å². The minimum atomic E-state index is 0.217. The number of hydrogen-bond acceptors (Lipinski definition) is 2. The number of benzene rings is 1. The van der Waals surface area contributed by atoms with Crippen LogP contribution in [0, 0.1) is 13.8 Å². The van der Waals surface area contributed by atoms with Crippen LogP contribution < -0.4 is 5.32 Å². The van der Waals surface area contributed by atoms with Crippen molar-refractivity contribution in [3.05, 3.63) is 34.4 Å². The summed E-state index contributed by atoms with van der Waals surface area (Å²) >= 11 is 0. The van der Waals surface area contributed by atoms with E-state index >= 15 is 0 Å². The van der Waals surface area contributed by atoms with E-state index in [1.165, 1.54) is 22.3 Å². The summed E-state index contributed by atoms with van der Waals surface area (Å²) in [4.78, 5) is 0. The summed E-state index contributed by atoms with van der Waals surface area (Å²) in [7, 11) is 3.83. The lowest BCUT2D eigenvalue weighted by atomic mass is 9.82. The molecule has 1 unspecified atom stereocenters. The van der Waals surface area contributed by atoms with Crippen LogP contribution in [0.1, 0.15) is 55.9 Å². The lowest BCUT2D eigenvalue weighted by Gasteiger charge is -2.24. The van der Waals surface area contributed by atoms with Crippen molar-refractivity contribution in [2.45, 2.75) is 65.3 Å². The molecule has 0 saturated heterocycles. The molecule has 0 spiro atoms. The van der Waals surface area contributed by atoms with Gasteiger partial charge in [0.15, 0.2) is 0 Å². The standard InChI is InChI=1S/C19H33NO/c1-14-11-16(19(3,4)5)12-15(2)18(14)13-17(20-6)9-8-10-21-7/h11-12,17,20H,8-10,13H2,1-7H3. The fraction of sp³-hybridized carbons (Fsp3) is 0.684. The Balaban J connectivity index is 2.87. The monoisotopic (exact) mass is 291 g/mol. The third-order valence-corrected chi connectivity index (χ3v) is 4.32. The van der Waals surface area contributed by atoms with Crippen LogP contribution in [-0.2, 0) is 16.6 Å². The van der Waals surface area contributed by atoms with Gasteiger partial charge >= 0.3 is 0 Å². The zero-order chi connectivity index (χ0) is 16.0. The molecule has 0 aromatic heterocycles. The zero-order valence-electron chi connectivity index (χ0n) is 15.0. The summed E-state index contributed by atoms with van der Waals surface area (Å²) in [5.41, 5.74) is 6.00. The van der Waals surface area contributed by atoms with Gasteiger partial charge < -0.3 is 10.1 Å². The van der Waals surface area contributed by atoms with Crippen molar-refractivity contribution in [1.82, 2.24) is 5.32 Å². The molecule has 2 nitrogen and oxygen atoms in total. The number of ether oxygens (including phenoxy) is 1. The van der Waals surface area contributed by atoms with Crippen molar-refractivity contribution in [3.8, 4) is 0 Å². The summed E-state index contributed by atoms with van der Waals surface area (Å²) < 4.78 is 5.16. The molecule has 1 aromatic carbocycles. The van der Waals surface area contributed by atoms with E-state index < -0.39 is 0 Å². The van der Waals surface area contributed by atoms with E-state index in [9.17, 15) is 0 Å². The van der Waals surface area contributed by atoms with Gasteiger partial charge in [-0.2, -0.15) is 0 Å². The van der Waals surface area contributed by atoms with Gasteiger partial charge in [0, 0.05) is 19.8 Å². The molecule has 0 fully saturated rings. The summed E-state index contributed by atoms with van der Waals surface area (Å²) in [5, 5.41) is 3.45. The minimum Gasteiger partial charge on any atom is -0.385 e. The second-order valence-corrected chi connectivity index (χ2v) is 7.16. The van der Waals surface area contributed by atoms with Crippen molar-refractivity contribution in [2.75, 3.05) is 20.8 Å². The van der Waals surface area contributed by atoms with Crippen molar-refractivity contribution in [3.63, 3.8) is 0 Å². The first-order valence-corrected chi connectivity index (χ1v) is 8.06. The van der Waals surface area contributed by atoms with Crippen LogP contribution in [0.4, 0.5) is 0 Å². The number of aryl methyl sites for hydroxylation is 2. The van der Waals surface area contributed by atoms with Gasteiger partial charge in [-0.1, -0.05) is 32.9 Å². The van der Waals surface area contributed by atoms with Crippen LogP contribution in [-0.4, -0.2) is 26.8 Å². The summed E-state index contributed by atoms with van der Waals surface area (Å²) in [6.07, 6.45) is 3.37. The molecule has 2 heteroatoms. The Morgan fingerprint density at radius 1 is 1.14 bits per heavy atom. The van der Waals surface area contributed by atoms with Crippen LogP contribution >= 0.6 is 0 Å². The predicted molar refractivity (Wildman–Crippen MR) is 92.3 cm³/mol. The quantitative estimate of drug-likeness (QED) is 0.762. The molecular weight excluding hydrogens is 258 g/mol. The third-order valence-electron chi connectivity index (χ3n) is 4.32. The highest BCUT2D eigenvalue weighted by Gasteiger charge is 2.17. The molecule has 1 aromatic rings. The Labute approximate surface area is 131 Å². The number of nitrogens with one attached hydrogen (secondary N) is 1. The summed E-state index contributed by atoms with van der Waals surface area (Å²) in [6, 6.07) is 5.26. The molecule has 120 valence electrons. The fourth-order valence-corrected chi connectivity index (χ4v) is 2.82. The number of methoxy groups -OCH3 is 1. The van der Waals surface area contributed by atoms with Crippen LogP contribution in [0.3, 0.4) is 0 Å². The van der Waals surface area contributed by atoms with Crippen molar-refractivity contribution < 1.29 is 4.74 Å². The maximum absolute atomic E-state index is 5.16. The first-order chi connectivity index (χ1) is 9.79. The molecule has 0 amide bonds. The van der Waals surface area contributed by atoms with E-state index in [-0.39, 0.29) is 5.41 Å². The summed E-state index contributed by atoms with van der Waals surface area (Å²) in [6.45, 7) is 12.2. The second-order valence-electron chi connectivity index (χ2n) is 7.16. The molecule has 0 aliphatic carbocycles. The first kappa shape index (κ1) is 18.2. The fourth-order valence-electron chi connectivity index (χ4n) is 2.82. The topological polar surface area (TPSA) is 21.3 Å². The molecule has 21 heavy (non-hydrogen) atoms. The molecule has 0 radical (unpaired) electrons. The lowest BCUT2D eigenvalue weighted by molar-refractivity contribution is 0.189. The van der Waals surface area contributed by atoms with E-state index in [0.717, 1.165) is 25.9 Å². The summed E-state index contributed by atoms with van der Waals surface area (Å²) in [5.74, 6) is 0. The Kier molecular flexibility index (Phi) is 6.89. The molecule has 1 atom stereocenters. The third kappa shape index (κ3) is 5.44. The highest BCUT2D eigenvalue weighted by molar-refractivity contribution is 5.40.